The maximum atomic E-state index is 11.5. The number of carbonyl (C=O) groups is 1. The molecule has 0 bridgehead atoms. The Hall–Kier alpha value is -1.35. The molecule has 1 aliphatic rings. The fraction of sp³-hybridized carbons (Fsp3) is 0.650. The molecule has 3 nitrogen and oxygen atoms in total. The van der Waals surface area contributed by atoms with Crippen molar-refractivity contribution in [3.8, 4) is 0 Å². The maximum absolute atomic E-state index is 11.5. The molecule has 1 saturated carbocycles. The first-order valence-electron chi connectivity index (χ1n) is 9.10. The molecule has 23 heavy (non-hydrogen) atoms. The summed E-state index contributed by atoms with van der Waals surface area (Å²) in [6.45, 7) is 5.50. The monoisotopic (exact) mass is 317 g/mol. The molecule has 0 radical (unpaired) electrons. The highest BCUT2D eigenvalue weighted by atomic mass is 16.4. The van der Waals surface area contributed by atoms with Crippen molar-refractivity contribution in [1.82, 2.24) is 5.32 Å². The van der Waals surface area contributed by atoms with Crippen LogP contribution >= 0.6 is 0 Å². The lowest BCUT2D eigenvalue weighted by atomic mass is 9.78. The Balaban J connectivity index is 1.75. The normalized spacial score (nSPS) is 22.0. The maximum Gasteiger partial charge on any atom is 0.310 e. The van der Waals surface area contributed by atoms with Crippen LogP contribution in [0.4, 0.5) is 0 Å². The van der Waals surface area contributed by atoms with Gasteiger partial charge in [0.15, 0.2) is 0 Å². The number of aliphatic carboxylic acids is 1. The van der Waals surface area contributed by atoms with Gasteiger partial charge in [0.25, 0.3) is 0 Å². The highest BCUT2D eigenvalue weighted by Crippen LogP contribution is 2.35. The summed E-state index contributed by atoms with van der Waals surface area (Å²) in [7, 11) is 0. The number of nitrogens with one attached hydrogen (secondary N) is 1. The third-order valence-electron chi connectivity index (χ3n) is 5.82. The SMILES string of the molecule is CCC(CC)(CNCC1CCC(c2ccccc2)CC1)C(=O)O. The van der Waals surface area contributed by atoms with Crippen molar-refractivity contribution in [3.63, 3.8) is 0 Å². The second-order valence-electron chi connectivity index (χ2n) is 7.05. The van der Waals surface area contributed by atoms with Gasteiger partial charge in [-0.2, -0.15) is 0 Å². The first-order valence-corrected chi connectivity index (χ1v) is 9.10. The van der Waals surface area contributed by atoms with Crippen LogP contribution in [-0.4, -0.2) is 24.2 Å². The molecule has 0 atom stereocenters. The molecule has 1 fully saturated rings. The van der Waals surface area contributed by atoms with E-state index in [2.05, 4.69) is 35.6 Å². The zero-order valence-electron chi connectivity index (χ0n) is 14.6. The lowest BCUT2D eigenvalue weighted by Gasteiger charge is -2.31. The molecule has 0 unspecified atom stereocenters. The molecule has 2 N–H and O–H groups in total. The molecule has 2 rings (SSSR count). The molecule has 0 heterocycles. The lowest BCUT2D eigenvalue weighted by Crippen LogP contribution is -2.41. The van der Waals surface area contributed by atoms with Gasteiger partial charge < -0.3 is 10.4 Å². The summed E-state index contributed by atoms with van der Waals surface area (Å²) in [4.78, 5) is 11.5. The average Bonchev–Trinajstić information content (AvgIpc) is 2.60. The summed E-state index contributed by atoms with van der Waals surface area (Å²) in [5, 5.41) is 12.9. The van der Waals surface area contributed by atoms with Crippen LogP contribution in [0.25, 0.3) is 0 Å². The van der Waals surface area contributed by atoms with Crippen molar-refractivity contribution < 1.29 is 9.90 Å². The zero-order valence-corrected chi connectivity index (χ0v) is 14.6. The minimum absolute atomic E-state index is 0.591. The number of carboxylic acids is 1. The van der Waals surface area contributed by atoms with Crippen LogP contribution < -0.4 is 5.32 Å². The Kier molecular flexibility index (Phi) is 6.64. The molecule has 128 valence electrons. The van der Waals surface area contributed by atoms with Crippen molar-refractivity contribution in [3.05, 3.63) is 35.9 Å². The third kappa shape index (κ3) is 4.57. The Morgan fingerprint density at radius 1 is 1.13 bits per heavy atom. The van der Waals surface area contributed by atoms with Crippen LogP contribution in [0.1, 0.15) is 63.9 Å². The summed E-state index contributed by atoms with van der Waals surface area (Å²) in [5.41, 5.74) is 0.877. The van der Waals surface area contributed by atoms with Gasteiger partial charge in [0.2, 0.25) is 0 Å². The van der Waals surface area contributed by atoms with E-state index in [4.69, 9.17) is 0 Å². The van der Waals surface area contributed by atoms with Gasteiger partial charge in [0, 0.05) is 6.54 Å². The lowest BCUT2D eigenvalue weighted by molar-refractivity contribution is -0.149. The molecule has 0 saturated heterocycles. The number of hydrogen-bond donors (Lipinski definition) is 2. The molecule has 3 heteroatoms. The first-order chi connectivity index (χ1) is 11.1. The van der Waals surface area contributed by atoms with Gasteiger partial charge in [-0.05, 0) is 62.5 Å². The van der Waals surface area contributed by atoms with Gasteiger partial charge >= 0.3 is 5.97 Å². The van der Waals surface area contributed by atoms with Crippen LogP contribution in [0.2, 0.25) is 0 Å². The van der Waals surface area contributed by atoms with Gasteiger partial charge in [0.1, 0.15) is 0 Å². The van der Waals surface area contributed by atoms with E-state index in [0.29, 0.717) is 31.2 Å². The smallest absolute Gasteiger partial charge is 0.310 e. The Labute approximate surface area is 140 Å². The van der Waals surface area contributed by atoms with Crippen LogP contribution in [0.5, 0.6) is 0 Å². The minimum Gasteiger partial charge on any atom is -0.481 e. The molecular formula is C20H31NO2. The average molecular weight is 317 g/mol. The van der Waals surface area contributed by atoms with Crippen LogP contribution in [0, 0.1) is 11.3 Å². The molecular weight excluding hydrogens is 286 g/mol. The first kappa shape index (κ1) is 18.0. The fourth-order valence-corrected chi connectivity index (χ4v) is 3.82. The topological polar surface area (TPSA) is 49.3 Å². The molecule has 1 aromatic carbocycles. The summed E-state index contributed by atoms with van der Waals surface area (Å²) in [6.07, 6.45) is 6.36. The van der Waals surface area contributed by atoms with E-state index in [9.17, 15) is 9.90 Å². The van der Waals surface area contributed by atoms with Crippen molar-refractivity contribution in [1.29, 1.82) is 0 Å². The minimum atomic E-state index is -0.664. The standard InChI is InChI=1S/C20H31NO2/c1-3-20(4-2,19(22)23)15-21-14-16-10-12-18(13-11-16)17-8-6-5-7-9-17/h5-9,16,18,21H,3-4,10-15H2,1-2H3,(H,22,23). The predicted molar refractivity (Wildman–Crippen MR) is 94.7 cm³/mol. The van der Waals surface area contributed by atoms with Crippen molar-refractivity contribution in [2.45, 2.75) is 58.3 Å². The van der Waals surface area contributed by atoms with E-state index in [1.54, 1.807) is 0 Å². The largest absolute Gasteiger partial charge is 0.481 e. The van der Waals surface area contributed by atoms with E-state index in [-0.39, 0.29) is 0 Å². The highest BCUT2D eigenvalue weighted by molar-refractivity contribution is 5.74. The van der Waals surface area contributed by atoms with Crippen molar-refractivity contribution in [2.24, 2.45) is 11.3 Å². The second-order valence-corrected chi connectivity index (χ2v) is 7.05. The molecule has 0 aliphatic heterocycles. The summed E-state index contributed by atoms with van der Waals surface area (Å²) >= 11 is 0. The predicted octanol–water partition coefficient (Wildman–Crippen LogP) is 4.44. The van der Waals surface area contributed by atoms with Gasteiger partial charge in [0.05, 0.1) is 5.41 Å². The van der Waals surface area contributed by atoms with Crippen molar-refractivity contribution in [2.75, 3.05) is 13.1 Å². The Morgan fingerprint density at radius 3 is 2.26 bits per heavy atom. The molecule has 0 aromatic heterocycles. The Morgan fingerprint density at radius 2 is 1.74 bits per heavy atom. The van der Waals surface area contributed by atoms with E-state index in [1.807, 2.05) is 13.8 Å². The van der Waals surface area contributed by atoms with E-state index >= 15 is 0 Å². The summed E-state index contributed by atoms with van der Waals surface area (Å²) in [5.74, 6) is 0.731. The van der Waals surface area contributed by atoms with E-state index < -0.39 is 11.4 Å². The highest BCUT2D eigenvalue weighted by Gasteiger charge is 2.34. The van der Waals surface area contributed by atoms with Crippen molar-refractivity contribution >= 4 is 5.97 Å². The number of hydrogen-bond acceptors (Lipinski definition) is 2. The molecule has 1 aromatic rings. The van der Waals surface area contributed by atoms with Gasteiger partial charge in [-0.15, -0.1) is 0 Å². The van der Waals surface area contributed by atoms with Gasteiger partial charge in [-0.3, -0.25) is 4.79 Å². The third-order valence-corrected chi connectivity index (χ3v) is 5.82. The van der Waals surface area contributed by atoms with Crippen LogP contribution in [-0.2, 0) is 4.79 Å². The van der Waals surface area contributed by atoms with Crippen LogP contribution in [0.15, 0.2) is 30.3 Å². The van der Waals surface area contributed by atoms with E-state index in [1.165, 1.54) is 31.2 Å². The summed E-state index contributed by atoms with van der Waals surface area (Å²) < 4.78 is 0. The molecule has 0 spiro atoms. The van der Waals surface area contributed by atoms with Gasteiger partial charge in [-0.1, -0.05) is 44.2 Å². The van der Waals surface area contributed by atoms with E-state index in [0.717, 1.165) is 6.54 Å². The fourth-order valence-electron chi connectivity index (χ4n) is 3.82. The van der Waals surface area contributed by atoms with Crippen LogP contribution in [0.3, 0.4) is 0 Å². The van der Waals surface area contributed by atoms with Gasteiger partial charge in [-0.25, -0.2) is 0 Å². The Bertz CT molecular complexity index is 474. The number of benzene rings is 1. The molecule has 0 amide bonds. The second kappa shape index (κ2) is 8.49. The number of carboxylic acid groups (broad SMARTS) is 1. The molecule has 1 aliphatic carbocycles. The summed E-state index contributed by atoms with van der Waals surface area (Å²) in [6, 6.07) is 10.8. The number of rotatable bonds is 8. The zero-order chi connectivity index (χ0) is 16.7. The quantitative estimate of drug-likeness (QED) is 0.745.